The Bertz CT molecular complexity index is 385. The van der Waals surface area contributed by atoms with Gasteiger partial charge in [-0.25, -0.2) is 4.79 Å². The molecule has 4 nitrogen and oxygen atoms in total. The molecule has 17 heavy (non-hydrogen) atoms. The fraction of sp³-hybridized carbons (Fsp3) is 0.417. The molecule has 1 aromatic carbocycles. The number of carbonyl (C=O) groups is 1. The van der Waals surface area contributed by atoms with E-state index in [1.165, 1.54) is 5.56 Å². The summed E-state index contributed by atoms with van der Waals surface area (Å²) in [5.74, 6) is 0. The number of nitrogens with zero attached hydrogens (tertiary/aromatic N) is 1. The summed E-state index contributed by atoms with van der Waals surface area (Å²) in [4.78, 5) is 13.2. The molecule has 1 aliphatic heterocycles. The van der Waals surface area contributed by atoms with Crippen LogP contribution in [0.2, 0.25) is 6.82 Å². The van der Waals surface area contributed by atoms with E-state index < -0.39 is 0 Å². The molecule has 1 atom stereocenters. The standard InChI is InChI=1S/C12H16BNO3/c1-13(7-10-5-3-2-4-6-10)14-8-11(9-15)17-12(14)16/h2-6,11,15H,7-9H2,1H3. The minimum absolute atomic E-state index is 0.0847. The van der Waals surface area contributed by atoms with Crippen molar-refractivity contribution in [1.82, 2.24) is 4.81 Å². The minimum atomic E-state index is -0.374. The lowest BCUT2D eigenvalue weighted by Crippen LogP contribution is -2.40. The maximum absolute atomic E-state index is 11.6. The Kier molecular flexibility index (Phi) is 3.69. The first-order valence-electron chi connectivity index (χ1n) is 5.82. The van der Waals surface area contributed by atoms with Gasteiger partial charge in [0, 0.05) is 0 Å². The Balaban J connectivity index is 1.97. The van der Waals surface area contributed by atoms with Crippen LogP contribution in [0.5, 0.6) is 0 Å². The highest BCUT2D eigenvalue weighted by Crippen LogP contribution is 2.15. The molecule has 1 fully saturated rings. The number of benzene rings is 1. The summed E-state index contributed by atoms with van der Waals surface area (Å²) < 4.78 is 5.02. The third kappa shape index (κ3) is 2.80. The van der Waals surface area contributed by atoms with Crippen molar-refractivity contribution in [3.8, 4) is 0 Å². The molecule has 0 aromatic heterocycles. The van der Waals surface area contributed by atoms with Gasteiger partial charge in [0.1, 0.15) is 6.10 Å². The van der Waals surface area contributed by atoms with Crippen LogP contribution in [0.1, 0.15) is 5.56 Å². The van der Waals surface area contributed by atoms with E-state index in [4.69, 9.17) is 9.84 Å². The monoisotopic (exact) mass is 233 g/mol. The summed E-state index contributed by atoms with van der Waals surface area (Å²) in [7, 11) is 0. The van der Waals surface area contributed by atoms with Crippen LogP contribution in [0.3, 0.4) is 0 Å². The van der Waals surface area contributed by atoms with Gasteiger partial charge in [0.2, 0.25) is 0 Å². The summed E-state index contributed by atoms with van der Waals surface area (Å²) in [6.07, 6.45) is 0.0990. The summed E-state index contributed by atoms with van der Waals surface area (Å²) in [6, 6.07) is 10.0. The van der Waals surface area contributed by atoms with Gasteiger partial charge >= 0.3 is 6.09 Å². The van der Waals surface area contributed by atoms with E-state index in [2.05, 4.69) is 0 Å². The van der Waals surface area contributed by atoms with Crippen LogP contribution in [0.15, 0.2) is 30.3 Å². The van der Waals surface area contributed by atoms with Crippen molar-refractivity contribution in [3.63, 3.8) is 0 Å². The fourth-order valence-corrected chi connectivity index (χ4v) is 2.06. The largest absolute Gasteiger partial charge is 0.443 e. The number of aliphatic hydroxyl groups is 1. The summed E-state index contributed by atoms with van der Waals surface area (Å²) in [6.45, 7) is 2.44. The molecule has 90 valence electrons. The smallest absolute Gasteiger partial charge is 0.397 e. The van der Waals surface area contributed by atoms with Gasteiger partial charge in [-0.15, -0.1) is 0 Å². The molecule has 0 radical (unpaired) electrons. The molecule has 1 saturated heterocycles. The zero-order chi connectivity index (χ0) is 12.3. The van der Waals surface area contributed by atoms with Crippen LogP contribution in [-0.4, -0.2) is 42.1 Å². The summed E-state index contributed by atoms with van der Waals surface area (Å²) >= 11 is 0. The molecular weight excluding hydrogens is 217 g/mol. The third-order valence-corrected chi connectivity index (χ3v) is 3.01. The first-order chi connectivity index (χ1) is 8.20. The van der Waals surface area contributed by atoms with Crippen LogP contribution in [0.25, 0.3) is 0 Å². The van der Waals surface area contributed by atoms with E-state index in [0.717, 1.165) is 6.32 Å². The number of hydrogen-bond donors (Lipinski definition) is 1. The zero-order valence-electron chi connectivity index (χ0n) is 9.87. The second-order valence-electron chi connectivity index (χ2n) is 4.38. The predicted octanol–water partition coefficient (Wildman–Crippen LogP) is 1.20. The number of amides is 1. The molecule has 5 heteroatoms. The van der Waals surface area contributed by atoms with Crippen molar-refractivity contribution >= 4 is 12.9 Å². The maximum atomic E-state index is 11.6. The van der Waals surface area contributed by atoms with E-state index in [9.17, 15) is 4.79 Å². The molecule has 0 spiro atoms. The van der Waals surface area contributed by atoms with Crippen LogP contribution in [0, 0.1) is 0 Å². The second-order valence-corrected chi connectivity index (χ2v) is 4.38. The van der Waals surface area contributed by atoms with Crippen molar-refractivity contribution in [3.05, 3.63) is 35.9 Å². The van der Waals surface area contributed by atoms with Crippen molar-refractivity contribution in [1.29, 1.82) is 0 Å². The van der Waals surface area contributed by atoms with E-state index in [0.29, 0.717) is 6.54 Å². The number of cyclic esters (lactones) is 1. The van der Waals surface area contributed by atoms with E-state index in [1.54, 1.807) is 4.81 Å². The number of rotatable bonds is 4. The first-order valence-corrected chi connectivity index (χ1v) is 5.82. The van der Waals surface area contributed by atoms with Gasteiger partial charge in [-0.2, -0.15) is 0 Å². The highest BCUT2D eigenvalue weighted by atomic mass is 16.6. The molecule has 0 saturated carbocycles. The topological polar surface area (TPSA) is 49.8 Å². The van der Waals surface area contributed by atoms with E-state index >= 15 is 0 Å². The molecular formula is C12H16BNO3. The Morgan fingerprint density at radius 3 is 2.76 bits per heavy atom. The highest BCUT2D eigenvalue weighted by Gasteiger charge is 2.35. The minimum Gasteiger partial charge on any atom is -0.443 e. The average Bonchev–Trinajstić information content (AvgIpc) is 2.72. The van der Waals surface area contributed by atoms with Gasteiger partial charge in [-0.05, 0) is 6.32 Å². The molecule has 1 heterocycles. The third-order valence-electron chi connectivity index (χ3n) is 3.01. The SMILES string of the molecule is CB(Cc1ccccc1)N1CC(CO)OC1=O. The molecule has 1 aliphatic rings. The Labute approximate surface area is 101 Å². The molecule has 0 bridgehead atoms. The molecule has 1 N–H and O–H groups in total. The van der Waals surface area contributed by atoms with Crippen molar-refractivity contribution < 1.29 is 14.6 Å². The van der Waals surface area contributed by atoms with Crippen molar-refractivity contribution in [2.75, 3.05) is 13.2 Å². The maximum Gasteiger partial charge on any atom is 0.397 e. The van der Waals surface area contributed by atoms with Gasteiger partial charge in [0.25, 0.3) is 6.85 Å². The van der Waals surface area contributed by atoms with Gasteiger partial charge in [0.05, 0.1) is 13.2 Å². The quantitative estimate of drug-likeness (QED) is 0.795. The van der Waals surface area contributed by atoms with Crippen molar-refractivity contribution in [2.24, 2.45) is 0 Å². The van der Waals surface area contributed by atoms with E-state index in [1.807, 2.05) is 37.2 Å². The summed E-state index contributed by atoms with van der Waals surface area (Å²) in [5.41, 5.74) is 1.19. The highest BCUT2D eigenvalue weighted by molar-refractivity contribution is 6.56. The van der Waals surface area contributed by atoms with Crippen LogP contribution < -0.4 is 0 Å². The van der Waals surface area contributed by atoms with Crippen LogP contribution in [0.4, 0.5) is 4.79 Å². The first kappa shape index (κ1) is 12.0. The molecule has 0 aliphatic carbocycles. The normalized spacial score (nSPS) is 19.3. The molecule has 1 unspecified atom stereocenters. The number of carbonyl (C=O) groups excluding carboxylic acids is 1. The lowest BCUT2D eigenvalue weighted by molar-refractivity contribution is 0.0955. The Morgan fingerprint density at radius 1 is 1.47 bits per heavy atom. The average molecular weight is 233 g/mol. The van der Waals surface area contributed by atoms with Gasteiger partial charge in [0.15, 0.2) is 0 Å². The number of aliphatic hydroxyl groups excluding tert-OH is 1. The van der Waals surface area contributed by atoms with Crippen molar-refractivity contribution in [2.45, 2.75) is 19.2 Å². The lowest BCUT2D eigenvalue weighted by Gasteiger charge is -2.18. The summed E-state index contributed by atoms with van der Waals surface area (Å²) in [5, 5.41) is 8.97. The van der Waals surface area contributed by atoms with Gasteiger partial charge in [-0.3, -0.25) is 0 Å². The lowest BCUT2D eigenvalue weighted by atomic mass is 9.58. The van der Waals surface area contributed by atoms with Crippen LogP contribution in [-0.2, 0) is 11.1 Å². The zero-order valence-corrected chi connectivity index (χ0v) is 9.87. The number of ether oxygens (including phenoxy) is 1. The number of hydrogen-bond acceptors (Lipinski definition) is 3. The predicted molar refractivity (Wildman–Crippen MR) is 65.8 cm³/mol. The Morgan fingerprint density at radius 2 is 2.18 bits per heavy atom. The Hall–Kier alpha value is -1.49. The molecule has 2 rings (SSSR count). The van der Waals surface area contributed by atoms with Crippen LogP contribution >= 0.6 is 0 Å². The second kappa shape index (κ2) is 5.23. The van der Waals surface area contributed by atoms with Gasteiger partial charge < -0.3 is 14.7 Å². The van der Waals surface area contributed by atoms with E-state index in [-0.39, 0.29) is 25.7 Å². The fourth-order valence-electron chi connectivity index (χ4n) is 2.06. The molecule has 1 aromatic rings. The molecule has 1 amide bonds. The van der Waals surface area contributed by atoms with Gasteiger partial charge in [-0.1, -0.05) is 42.7 Å².